The zero-order valence-corrected chi connectivity index (χ0v) is 15.5. The third-order valence-electron chi connectivity index (χ3n) is 3.49. The number of hydrogen-bond donors (Lipinski definition) is 2. The maximum absolute atomic E-state index is 13.8. The number of nitriles is 1. The molecular weight excluding hydrogens is 337 g/mol. The molecule has 0 spiro atoms. The van der Waals surface area contributed by atoms with Crippen molar-refractivity contribution in [3.63, 3.8) is 0 Å². The van der Waals surface area contributed by atoms with Crippen molar-refractivity contribution >= 4 is 17.3 Å². The summed E-state index contributed by atoms with van der Waals surface area (Å²) in [6.45, 7) is 7.61. The van der Waals surface area contributed by atoms with Gasteiger partial charge in [0.15, 0.2) is 5.96 Å². The Morgan fingerprint density at radius 1 is 1.40 bits per heavy atom. The van der Waals surface area contributed by atoms with Crippen LogP contribution in [0.4, 0.5) is 4.39 Å². The Kier molecular flexibility index (Phi) is 6.90. The Labute approximate surface area is 151 Å². The van der Waals surface area contributed by atoms with E-state index in [1.165, 1.54) is 18.2 Å². The van der Waals surface area contributed by atoms with Crippen molar-refractivity contribution in [2.45, 2.75) is 39.8 Å². The molecule has 0 aliphatic rings. The molecule has 0 saturated heterocycles. The molecule has 2 aromatic rings. The lowest BCUT2D eigenvalue weighted by Gasteiger charge is -2.10. The first kappa shape index (κ1) is 18.9. The lowest BCUT2D eigenvalue weighted by molar-refractivity contribution is 0.610. The number of hydrogen-bond acceptors (Lipinski definition) is 4. The number of halogens is 1. The van der Waals surface area contributed by atoms with Crippen molar-refractivity contribution in [2.75, 3.05) is 6.54 Å². The minimum absolute atomic E-state index is 0.159. The van der Waals surface area contributed by atoms with Gasteiger partial charge in [-0.05, 0) is 31.0 Å². The van der Waals surface area contributed by atoms with E-state index in [2.05, 4.69) is 39.8 Å². The van der Waals surface area contributed by atoms with Crippen LogP contribution in [-0.4, -0.2) is 17.5 Å². The van der Waals surface area contributed by atoms with E-state index in [-0.39, 0.29) is 12.4 Å². The summed E-state index contributed by atoms with van der Waals surface area (Å²) in [6.07, 6.45) is 0. The Morgan fingerprint density at radius 2 is 2.20 bits per heavy atom. The second kappa shape index (κ2) is 9.14. The molecule has 1 aromatic carbocycles. The van der Waals surface area contributed by atoms with E-state index in [9.17, 15) is 4.39 Å². The maximum Gasteiger partial charge on any atom is 0.191 e. The van der Waals surface area contributed by atoms with E-state index in [4.69, 9.17) is 5.26 Å². The van der Waals surface area contributed by atoms with Crippen molar-refractivity contribution in [3.8, 4) is 6.07 Å². The molecule has 0 atom stereocenters. The van der Waals surface area contributed by atoms with Crippen LogP contribution >= 0.6 is 11.3 Å². The van der Waals surface area contributed by atoms with Gasteiger partial charge in [-0.15, -0.1) is 11.3 Å². The molecule has 0 fully saturated rings. The van der Waals surface area contributed by atoms with Crippen molar-refractivity contribution in [1.29, 1.82) is 5.26 Å². The number of aliphatic imine (C=N–C) groups is 1. The highest BCUT2D eigenvalue weighted by Gasteiger charge is 2.07. The van der Waals surface area contributed by atoms with E-state index >= 15 is 0 Å². The van der Waals surface area contributed by atoms with Gasteiger partial charge in [0.2, 0.25) is 0 Å². The number of aromatic nitrogens is 1. The first-order valence-electron chi connectivity index (χ1n) is 8.18. The molecular formula is C18H22FN5S. The predicted molar refractivity (Wildman–Crippen MR) is 99.0 cm³/mol. The van der Waals surface area contributed by atoms with Gasteiger partial charge < -0.3 is 10.6 Å². The zero-order valence-electron chi connectivity index (χ0n) is 14.6. The average molecular weight is 359 g/mol. The highest BCUT2D eigenvalue weighted by Crippen LogP contribution is 2.17. The molecule has 7 heteroatoms. The van der Waals surface area contributed by atoms with E-state index in [0.29, 0.717) is 36.1 Å². The maximum atomic E-state index is 13.8. The molecule has 2 rings (SSSR count). The van der Waals surface area contributed by atoms with Crippen LogP contribution in [0.15, 0.2) is 28.6 Å². The Bertz CT molecular complexity index is 776. The molecule has 132 valence electrons. The SMILES string of the molecule is CCNC(=NCc1cc(C#N)ccc1F)NCc1nc(C(C)C)cs1. The number of guanidine groups is 1. The van der Waals surface area contributed by atoms with Crippen LogP contribution in [0.1, 0.15) is 48.5 Å². The summed E-state index contributed by atoms with van der Waals surface area (Å²) in [5.74, 6) is 0.632. The van der Waals surface area contributed by atoms with Crippen molar-refractivity contribution in [3.05, 3.63) is 51.2 Å². The number of benzene rings is 1. The predicted octanol–water partition coefficient (Wildman–Crippen LogP) is 3.53. The fourth-order valence-corrected chi connectivity index (χ4v) is 3.00. The normalized spacial score (nSPS) is 11.4. The van der Waals surface area contributed by atoms with E-state index in [1.54, 1.807) is 11.3 Å². The van der Waals surface area contributed by atoms with Crippen LogP contribution in [0.3, 0.4) is 0 Å². The Morgan fingerprint density at radius 3 is 2.84 bits per heavy atom. The largest absolute Gasteiger partial charge is 0.357 e. The van der Waals surface area contributed by atoms with Gasteiger partial charge in [0.05, 0.1) is 30.4 Å². The number of rotatable bonds is 6. The summed E-state index contributed by atoms with van der Waals surface area (Å²) < 4.78 is 13.8. The smallest absolute Gasteiger partial charge is 0.191 e. The molecule has 5 nitrogen and oxygen atoms in total. The first-order chi connectivity index (χ1) is 12.0. The van der Waals surface area contributed by atoms with Gasteiger partial charge in [0.25, 0.3) is 0 Å². The molecule has 0 radical (unpaired) electrons. The first-order valence-corrected chi connectivity index (χ1v) is 9.06. The van der Waals surface area contributed by atoms with Gasteiger partial charge in [-0.1, -0.05) is 13.8 Å². The quantitative estimate of drug-likeness (QED) is 0.611. The molecule has 0 amide bonds. The third-order valence-corrected chi connectivity index (χ3v) is 4.36. The van der Waals surface area contributed by atoms with Crippen LogP contribution in [0.25, 0.3) is 0 Å². The van der Waals surface area contributed by atoms with E-state index in [0.717, 1.165) is 10.7 Å². The van der Waals surface area contributed by atoms with Crippen molar-refractivity contribution in [1.82, 2.24) is 15.6 Å². The topological polar surface area (TPSA) is 73.1 Å². The van der Waals surface area contributed by atoms with Crippen LogP contribution < -0.4 is 10.6 Å². The minimum atomic E-state index is -0.361. The number of nitrogens with zero attached hydrogens (tertiary/aromatic N) is 3. The van der Waals surface area contributed by atoms with Crippen molar-refractivity contribution in [2.24, 2.45) is 4.99 Å². The van der Waals surface area contributed by atoms with Crippen LogP contribution in [0.5, 0.6) is 0 Å². The lowest BCUT2D eigenvalue weighted by atomic mass is 10.1. The molecule has 1 aromatic heterocycles. The Hall–Kier alpha value is -2.46. The van der Waals surface area contributed by atoms with Gasteiger partial charge in [0.1, 0.15) is 10.8 Å². The number of thiazole rings is 1. The highest BCUT2D eigenvalue weighted by atomic mass is 32.1. The Balaban J connectivity index is 2.04. The number of nitrogens with one attached hydrogen (secondary N) is 2. The zero-order chi connectivity index (χ0) is 18.2. The monoisotopic (exact) mass is 359 g/mol. The summed E-state index contributed by atoms with van der Waals surface area (Å²) in [5.41, 5.74) is 1.90. The molecule has 0 aliphatic heterocycles. The average Bonchev–Trinajstić information content (AvgIpc) is 3.08. The molecule has 1 heterocycles. The van der Waals surface area contributed by atoms with Gasteiger partial charge in [-0.3, -0.25) is 0 Å². The van der Waals surface area contributed by atoms with Crippen LogP contribution in [0.2, 0.25) is 0 Å². The fourth-order valence-electron chi connectivity index (χ4n) is 2.10. The third kappa shape index (κ3) is 5.54. The molecule has 0 saturated carbocycles. The molecule has 25 heavy (non-hydrogen) atoms. The molecule has 2 N–H and O–H groups in total. The van der Waals surface area contributed by atoms with Crippen LogP contribution in [0, 0.1) is 17.1 Å². The molecule has 0 bridgehead atoms. The summed E-state index contributed by atoms with van der Waals surface area (Å²) >= 11 is 1.61. The summed E-state index contributed by atoms with van der Waals surface area (Å²) in [7, 11) is 0. The van der Waals surface area contributed by atoms with E-state index in [1.807, 2.05) is 13.0 Å². The summed E-state index contributed by atoms with van der Waals surface area (Å²) in [6, 6.07) is 6.30. The van der Waals surface area contributed by atoms with Gasteiger partial charge in [-0.25, -0.2) is 14.4 Å². The van der Waals surface area contributed by atoms with Gasteiger partial charge >= 0.3 is 0 Å². The lowest BCUT2D eigenvalue weighted by Crippen LogP contribution is -2.36. The second-order valence-electron chi connectivity index (χ2n) is 5.79. The second-order valence-corrected chi connectivity index (χ2v) is 6.73. The fraction of sp³-hybridized carbons (Fsp3) is 0.389. The minimum Gasteiger partial charge on any atom is -0.357 e. The molecule has 0 unspecified atom stereocenters. The van der Waals surface area contributed by atoms with Crippen LogP contribution in [-0.2, 0) is 13.1 Å². The summed E-state index contributed by atoms with van der Waals surface area (Å²) in [4.78, 5) is 8.97. The molecule has 0 aliphatic carbocycles. The van der Waals surface area contributed by atoms with E-state index < -0.39 is 0 Å². The van der Waals surface area contributed by atoms with Gasteiger partial charge in [-0.2, -0.15) is 5.26 Å². The standard InChI is InChI=1S/C18H22FN5S/c1-4-21-18(23-10-17-24-16(11-25-17)12(2)3)22-9-14-7-13(8-20)5-6-15(14)19/h5-7,11-12H,4,9-10H2,1-3H3,(H2,21,22,23). The van der Waals surface area contributed by atoms with Crippen molar-refractivity contribution < 1.29 is 4.39 Å². The summed E-state index contributed by atoms with van der Waals surface area (Å²) in [5, 5.41) is 18.3. The highest BCUT2D eigenvalue weighted by molar-refractivity contribution is 7.09. The van der Waals surface area contributed by atoms with Gasteiger partial charge in [0, 0.05) is 17.5 Å².